The van der Waals surface area contributed by atoms with Gasteiger partial charge in [0.1, 0.15) is 11.5 Å². The van der Waals surface area contributed by atoms with Crippen LogP contribution in [0.2, 0.25) is 0 Å². The second-order valence-electron chi connectivity index (χ2n) is 10.5. The molecule has 1 aliphatic rings. The van der Waals surface area contributed by atoms with Gasteiger partial charge in [0.15, 0.2) is 0 Å². The molecule has 4 heteroatoms. The van der Waals surface area contributed by atoms with Crippen molar-refractivity contribution in [3.05, 3.63) is 117 Å². The monoisotopic (exact) mass is 486 g/mol. The Morgan fingerprint density at radius 2 is 1.00 bits per heavy atom. The van der Waals surface area contributed by atoms with Crippen molar-refractivity contribution in [1.29, 1.82) is 0 Å². The van der Waals surface area contributed by atoms with Gasteiger partial charge in [0.2, 0.25) is 0 Å². The largest absolute Gasteiger partial charge is 0.508 e. The minimum absolute atomic E-state index is 0.223. The third-order valence-corrected chi connectivity index (χ3v) is 8.11. The molecule has 0 atom stereocenters. The molecule has 0 spiro atoms. The second kappa shape index (κ2) is 7.78. The van der Waals surface area contributed by atoms with Crippen LogP contribution in [-0.4, -0.2) is 10.2 Å². The van der Waals surface area contributed by atoms with Gasteiger partial charge in [-0.1, -0.05) is 36.4 Å². The number of nitrogen functional groups attached to an aromatic ring is 2. The van der Waals surface area contributed by atoms with Gasteiger partial charge in [-0.05, 0) is 131 Å². The molecule has 6 rings (SSSR count). The molecule has 5 aromatic rings. The average molecular weight is 487 g/mol. The molecule has 0 saturated carbocycles. The van der Waals surface area contributed by atoms with Crippen molar-refractivity contribution in [2.45, 2.75) is 33.1 Å². The van der Waals surface area contributed by atoms with Crippen molar-refractivity contribution in [1.82, 2.24) is 0 Å². The van der Waals surface area contributed by atoms with Gasteiger partial charge in [-0.15, -0.1) is 0 Å². The predicted molar refractivity (Wildman–Crippen MR) is 152 cm³/mol. The molecule has 37 heavy (non-hydrogen) atoms. The summed E-state index contributed by atoms with van der Waals surface area (Å²) in [5.41, 5.74) is 24.3. The average Bonchev–Trinajstić information content (AvgIpc) is 3.13. The van der Waals surface area contributed by atoms with Crippen LogP contribution in [0.4, 0.5) is 11.4 Å². The lowest BCUT2D eigenvalue weighted by atomic mass is 9.66. The number of phenolic OH excluding ortho intramolecular Hbond substituents is 2. The number of aryl methyl sites for hydroxylation is 4. The first-order chi connectivity index (χ1) is 17.6. The molecule has 0 unspecified atom stereocenters. The van der Waals surface area contributed by atoms with Crippen LogP contribution in [-0.2, 0) is 5.41 Å². The summed E-state index contributed by atoms with van der Waals surface area (Å²) in [4.78, 5) is 0. The summed E-state index contributed by atoms with van der Waals surface area (Å²) in [5.74, 6) is 0.449. The molecular formula is C33H30N2O2. The Balaban J connectivity index is 1.86. The van der Waals surface area contributed by atoms with Gasteiger partial charge in [-0.25, -0.2) is 0 Å². The van der Waals surface area contributed by atoms with E-state index in [4.69, 9.17) is 11.5 Å². The van der Waals surface area contributed by atoms with E-state index >= 15 is 0 Å². The van der Waals surface area contributed by atoms with Crippen molar-refractivity contribution in [3.8, 4) is 22.6 Å². The van der Waals surface area contributed by atoms with Crippen molar-refractivity contribution in [2.75, 3.05) is 11.5 Å². The van der Waals surface area contributed by atoms with Crippen LogP contribution in [0.3, 0.4) is 0 Å². The van der Waals surface area contributed by atoms with Crippen LogP contribution in [0.25, 0.3) is 21.9 Å². The second-order valence-corrected chi connectivity index (χ2v) is 10.5. The van der Waals surface area contributed by atoms with Gasteiger partial charge in [0, 0.05) is 11.4 Å². The first kappa shape index (κ1) is 23.0. The summed E-state index contributed by atoms with van der Waals surface area (Å²) < 4.78 is 0. The molecular weight excluding hydrogens is 456 g/mol. The van der Waals surface area contributed by atoms with E-state index < -0.39 is 5.41 Å². The Morgan fingerprint density at radius 1 is 0.514 bits per heavy atom. The maximum Gasteiger partial charge on any atom is 0.116 e. The summed E-state index contributed by atoms with van der Waals surface area (Å²) in [7, 11) is 0. The molecule has 1 aliphatic carbocycles. The number of hydrogen-bond acceptors (Lipinski definition) is 4. The summed E-state index contributed by atoms with van der Waals surface area (Å²) in [6.45, 7) is 8.19. The van der Waals surface area contributed by atoms with Gasteiger partial charge < -0.3 is 21.7 Å². The van der Waals surface area contributed by atoms with Crippen LogP contribution in [0.1, 0.15) is 44.5 Å². The van der Waals surface area contributed by atoms with E-state index in [-0.39, 0.29) is 11.5 Å². The zero-order chi connectivity index (χ0) is 26.2. The summed E-state index contributed by atoms with van der Waals surface area (Å²) in [6.07, 6.45) is 0. The molecule has 5 aromatic carbocycles. The predicted octanol–water partition coefficient (Wildman–Crippen LogP) is 7.01. The maximum atomic E-state index is 10.6. The van der Waals surface area contributed by atoms with E-state index in [2.05, 4.69) is 36.4 Å². The highest BCUT2D eigenvalue weighted by Crippen LogP contribution is 2.58. The quantitative estimate of drug-likeness (QED) is 0.198. The number of phenols is 2. The Bertz CT molecular complexity index is 1660. The molecule has 0 saturated heterocycles. The number of benzene rings is 5. The molecule has 4 nitrogen and oxygen atoms in total. The SMILES string of the molecule is Cc1cc(C2(c3cc(C)c(N)c(C)c3)c3ccc(O)cc3-c3cc4ccc(O)cc4cc32)cc(C)c1N. The number of rotatable bonds is 2. The zero-order valence-corrected chi connectivity index (χ0v) is 21.5. The normalized spacial score (nSPS) is 13.5. The fourth-order valence-corrected chi connectivity index (χ4v) is 6.22. The van der Waals surface area contributed by atoms with Gasteiger partial charge in [-0.3, -0.25) is 0 Å². The number of hydrogen-bond donors (Lipinski definition) is 4. The first-order valence-corrected chi connectivity index (χ1v) is 12.5. The van der Waals surface area contributed by atoms with Crippen molar-refractivity contribution >= 4 is 22.1 Å². The maximum absolute atomic E-state index is 10.6. The van der Waals surface area contributed by atoms with Gasteiger partial charge in [-0.2, -0.15) is 0 Å². The fraction of sp³-hybridized carbons (Fsp3) is 0.152. The van der Waals surface area contributed by atoms with E-state index in [9.17, 15) is 10.2 Å². The van der Waals surface area contributed by atoms with Crippen molar-refractivity contribution in [2.24, 2.45) is 0 Å². The molecule has 0 radical (unpaired) electrons. The fourth-order valence-electron chi connectivity index (χ4n) is 6.22. The highest BCUT2D eigenvalue weighted by atomic mass is 16.3. The van der Waals surface area contributed by atoms with Crippen LogP contribution < -0.4 is 11.5 Å². The van der Waals surface area contributed by atoms with Crippen molar-refractivity contribution in [3.63, 3.8) is 0 Å². The lowest BCUT2D eigenvalue weighted by Gasteiger charge is -2.35. The Hall–Kier alpha value is -4.44. The summed E-state index contributed by atoms with van der Waals surface area (Å²) in [5, 5.41) is 22.8. The minimum Gasteiger partial charge on any atom is -0.508 e. The lowest BCUT2D eigenvalue weighted by Crippen LogP contribution is -2.29. The lowest BCUT2D eigenvalue weighted by molar-refractivity contribution is 0.475. The van der Waals surface area contributed by atoms with Crippen LogP contribution in [0, 0.1) is 27.7 Å². The molecule has 0 fully saturated rings. The van der Waals surface area contributed by atoms with Crippen LogP contribution in [0.5, 0.6) is 11.5 Å². The third-order valence-electron chi connectivity index (χ3n) is 8.11. The van der Waals surface area contributed by atoms with Gasteiger partial charge in [0.25, 0.3) is 0 Å². The van der Waals surface area contributed by atoms with E-state index in [1.165, 1.54) is 0 Å². The van der Waals surface area contributed by atoms with Gasteiger partial charge >= 0.3 is 0 Å². The Kier molecular flexibility index (Phi) is 4.83. The van der Waals surface area contributed by atoms with E-state index in [0.29, 0.717) is 0 Å². The number of nitrogens with two attached hydrogens (primary N) is 2. The number of fused-ring (bicyclic) bond motifs is 4. The third kappa shape index (κ3) is 3.15. The smallest absolute Gasteiger partial charge is 0.116 e. The molecule has 0 aliphatic heterocycles. The van der Waals surface area contributed by atoms with Crippen LogP contribution >= 0.6 is 0 Å². The molecule has 0 amide bonds. The summed E-state index contributed by atoms with van der Waals surface area (Å²) >= 11 is 0. The van der Waals surface area contributed by atoms with E-state index in [0.717, 1.165) is 77.8 Å². The summed E-state index contributed by atoms with van der Waals surface area (Å²) in [6, 6.07) is 24.2. The molecule has 184 valence electrons. The Labute approximate surface area is 216 Å². The molecule has 0 aromatic heterocycles. The van der Waals surface area contributed by atoms with Crippen molar-refractivity contribution < 1.29 is 10.2 Å². The molecule has 6 N–H and O–H groups in total. The van der Waals surface area contributed by atoms with E-state index in [1.54, 1.807) is 18.2 Å². The number of anilines is 2. The molecule has 0 bridgehead atoms. The van der Waals surface area contributed by atoms with Crippen LogP contribution in [0.15, 0.2) is 72.8 Å². The molecule has 0 heterocycles. The minimum atomic E-state index is -0.676. The zero-order valence-electron chi connectivity index (χ0n) is 21.5. The highest BCUT2D eigenvalue weighted by molar-refractivity contribution is 5.96. The topological polar surface area (TPSA) is 92.5 Å². The van der Waals surface area contributed by atoms with E-state index in [1.807, 2.05) is 45.9 Å². The number of aromatic hydroxyl groups is 2. The Morgan fingerprint density at radius 3 is 1.57 bits per heavy atom. The highest BCUT2D eigenvalue weighted by Gasteiger charge is 2.47. The first-order valence-electron chi connectivity index (χ1n) is 12.5. The van der Waals surface area contributed by atoms with Gasteiger partial charge in [0.05, 0.1) is 5.41 Å². The standard InChI is InChI=1S/C33H30N2O2/c1-17-9-23(10-18(2)31(17)34)33(24-11-19(3)32(35)20(4)12-24)29-8-7-26(37)16-28(29)27-14-21-5-6-25(36)13-22(21)15-30(27)33/h5-16,36-37H,34-35H2,1-4H3.